The van der Waals surface area contributed by atoms with Crippen molar-refractivity contribution in [2.24, 2.45) is 0 Å². The smallest absolute Gasteiger partial charge is 0.225 e. The van der Waals surface area contributed by atoms with E-state index in [0.29, 0.717) is 38.5 Å². The van der Waals surface area contributed by atoms with Gasteiger partial charge in [-0.3, -0.25) is 4.79 Å². The lowest BCUT2D eigenvalue weighted by Crippen LogP contribution is -2.12. The summed E-state index contributed by atoms with van der Waals surface area (Å²) >= 11 is 13.2. The van der Waals surface area contributed by atoms with Crippen molar-refractivity contribution in [1.29, 1.82) is 5.26 Å². The topological polar surface area (TPSA) is 65.8 Å². The van der Waals surface area contributed by atoms with E-state index in [1.54, 1.807) is 24.3 Å². The summed E-state index contributed by atoms with van der Waals surface area (Å²) in [6.07, 6.45) is 0.295. The number of amides is 1. The van der Waals surface area contributed by atoms with E-state index in [4.69, 9.17) is 23.2 Å². The highest BCUT2D eigenvalue weighted by atomic mass is 35.5. The molecule has 1 N–H and O–H groups in total. The van der Waals surface area contributed by atoms with Crippen molar-refractivity contribution < 1.29 is 4.79 Å². The Morgan fingerprint density at radius 3 is 2.68 bits per heavy atom. The number of thioether (sulfide) groups is 1. The standard InChI is InChI=1S/C18H17Cl2N3OS/c1-11(2)16-6-3-12(10-21)18(23-16)25-8-7-17(24)22-13-4-5-14(19)15(20)9-13/h3-6,9,11H,7-8H2,1-2H3,(H,22,24). The Balaban J connectivity index is 1.93. The number of nitriles is 1. The van der Waals surface area contributed by atoms with Gasteiger partial charge in [0.05, 0.1) is 15.6 Å². The number of nitrogens with zero attached hydrogens (tertiary/aromatic N) is 2. The van der Waals surface area contributed by atoms with Crippen LogP contribution in [0.4, 0.5) is 5.69 Å². The molecule has 0 aliphatic rings. The zero-order valence-corrected chi connectivity index (χ0v) is 16.2. The molecule has 7 heteroatoms. The number of aromatic nitrogens is 1. The predicted molar refractivity (Wildman–Crippen MR) is 103 cm³/mol. The van der Waals surface area contributed by atoms with Crippen molar-refractivity contribution in [2.45, 2.75) is 31.2 Å². The summed E-state index contributed by atoms with van der Waals surface area (Å²) in [4.78, 5) is 16.6. The molecule has 0 bridgehead atoms. The molecule has 0 spiro atoms. The number of halogens is 2. The van der Waals surface area contributed by atoms with Crippen molar-refractivity contribution in [3.63, 3.8) is 0 Å². The van der Waals surface area contributed by atoms with E-state index in [9.17, 15) is 10.1 Å². The van der Waals surface area contributed by atoms with Crippen LogP contribution < -0.4 is 5.32 Å². The number of carbonyl (C=O) groups is 1. The molecular weight excluding hydrogens is 377 g/mol. The van der Waals surface area contributed by atoms with Gasteiger partial charge in [0.2, 0.25) is 5.91 Å². The minimum absolute atomic E-state index is 0.135. The first-order chi connectivity index (χ1) is 11.9. The molecule has 130 valence electrons. The van der Waals surface area contributed by atoms with Crippen LogP contribution in [0.5, 0.6) is 0 Å². The van der Waals surface area contributed by atoms with Crippen LogP contribution in [0.2, 0.25) is 10.0 Å². The first kappa shape index (κ1) is 19.6. The molecule has 1 aromatic heterocycles. The number of rotatable bonds is 6. The van der Waals surface area contributed by atoms with E-state index in [0.717, 1.165) is 5.69 Å². The Bertz CT molecular complexity index is 818. The van der Waals surface area contributed by atoms with Crippen LogP contribution in [0.1, 0.15) is 37.4 Å². The Morgan fingerprint density at radius 2 is 2.04 bits per heavy atom. The lowest BCUT2D eigenvalue weighted by Gasteiger charge is -2.09. The van der Waals surface area contributed by atoms with Gasteiger partial charge in [0.15, 0.2) is 0 Å². The average molecular weight is 394 g/mol. The van der Waals surface area contributed by atoms with E-state index < -0.39 is 0 Å². The highest BCUT2D eigenvalue weighted by Gasteiger charge is 2.10. The molecular formula is C18H17Cl2N3OS. The molecule has 0 saturated heterocycles. The van der Waals surface area contributed by atoms with Crippen LogP contribution in [0.25, 0.3) is 0 Å². The van der Waals surface area contributed by atoms with E-state index >= 15 is 0 Å². The van der Waals surface area contributed by atoms with Gasteiger partial charge in [0.1, 0.15) is 11.1 Å². The van der Waals surface area contributed by atoms with Crippen LogP contribution >= 0.6 is 35.0 Å². The SMILES string of the molecule is CC(C)c1ccc(C#N)c(SCCC(=O)Nc2ccc(Cl)c(Cl)c2)n1. The number of pyridine rings is 1. The van der Waals surface area contributed by atoms with Crippen LogP contribution in [0.3, 0.4) is 0 Å². The largest absolute Gasteiger partial charge is 0.326 e. The summed E-state index contributed by atoms with van der Waals surface area (Å²) < 4.78 is 0. The van der Waals surface area contributed by atoms with E-state index in [1.807, 2.05) is 19.9 Å². The second-order valence-electron chi connectivity index (χ2n) is 5.63. The van der Waals surface area contributed by atoms with Crippen LogP contribution in [-0.4, -0.2) is 16.6 Å². The van der Waals surface area contributed by atoms with Crippen LogP contribution in [0.15, 0.2) is 35.4 Å². The monoisotopic (exact) mass is 393 g/mol. The third-order valence-corrected chi connectivity index (χ3v) is 5.10. The van der Waals surface area contributed by atoms with Gasteiger partial charge >= 0.3 is 0 Å². The zero-order valence-electron chi connectivity index (χ0n) is 13.8. The summed E-state index contributed by atoms with van der Waals surface area (Å²) in [7, 11) is 0. The molecule has 0 fully saturated rings. The molecule has 2 aromatic rings. The maximum absolute atomic E-state index is 12.0. The van der Waals surface area contributed by atoms with Crippen LogP contribution in [0, 0.1) is 11.3 Å². The molecule has 0 aliphatic carbocycles. The zero-order chi connectivity index (χ0) is 18.4. The minimum atomic E-state index is -0.135. The number of nitrogens with one attached hydrogen (secondary N) is 1. The summed E-state index contributed by atoms with van der Waals surface area (Å²) in [5.74, 6) is 0.672. The normalized spacial score (nSPS) is 10.6. The second kappa shape index (κ2) is 9.10. The highest BCUT2D eigenvalue weighted by molar-refractivity contribution is 7.99. The molecule has 1 heterocycles. The third-order valence-electron chi connectivity index (χ3n) is 3.37. The molecule has 0 radical (unpaired) electrons. The lowest BCUT2D eigenvalue weighted by molar-refractivity contribution is -0.115. The Hall–Kier alpha value is -1.74. The quantitative estimate of drug-likeness (QED) is 0.657. The Morgan fingerprint density at radius 1 is 1.28 bits per heavy atom. The fraction of sp³-hybridized carbons (Fsp3) is 0.278. The van der Waals surface area contributed by atoms with Gasteiger partial charge in [0, 0.05) is 23.6 Å². The molecule has 0 unspecified atom stereocenters. The molecule has 25 heavy (non-hydrogen) atoms. The molecule has 1 amide bonds. The second-order valence-corrected chi connectivity index (χ2v) is 7.53. The number of benzene rings is 1. The van der Waals surface area contributed by atoms with E-state index in [1.165, 1.54) is 11.8 Å². The maximum atomic E-state index is 12.0. The van der Waals surface area contributed by atoms with Gasteiger partial charge in [-0.2, -0.15) is 5.26 Å². The van der Waals surface area contributed by atoms with Crippen molar-refractivity contribution in [1.82, 2.24) is 4.98 Å². The number of hydrogen-bond acceptors (Lipinski definition) is 4. The molecule has 0 saturated carbocycles. The summed E-state index contributed by atoms with van der Waals surface area (Å²) in [5.41, 5.74) is 2.06. The number of hydrogen-bond donors (Lipinski definition) is 1. The van der Waals surface area contributed by atoms with Gasteiger partial charge in [-0.1, -0.05) is 37.0 Å². The Labute approximate surface area is 161 Å². The highest BCUT2D eigenvalue weighted by Crippen LogP contribution is 2.26. The van der Waals surface area contributed by atoms with Crippen molar-refractivity contribution in [2.75, 3.05) is 11.1 Å². The third kappa shape index (κ3) is 5.64. The molecule has 2 rings (SSSR count). The minimum Gasteiger partial charge on any atom is -0.326 e. The van der Waals surface area contributed by atoms with Crippen molar-refractivity contribution in [3.8, 4) is 6.07 Å². The summed E-state index contributed by atoms with van der Waals surface area (Å²) in [6.45, 7) is 4.10. The fourth-order valence-corrected chi connectivity index (χ4v) is 3.23. The van der Waals surface area contributed by atoms with Gasteiger partial charge < -0.3 is 5.32 Å². The Kier molecular flexibility index (Phi) is 7.12. The van der Waals surface area contributed by atoms with Crippen molar-refractivity contribution >= 4 is 46.6 Å². The summed E-state index contributed by atoms with van der Waals surface area (Å²) in [5, 5.41) is 13.5. The van der Waals surface area contributed by atoms with E-state index in [-0.39, 0.29) is 11.8 Å². The van der Waals surface area contributed by atoms with Crippen molar-refractivity contribution in [3.05, 3.63) is 51.6 Å². The molecule has 4 nitrogen and oxygen atoms in total. The van der Waals surface area contributed by atoms with Gasteiger partial charge in [-0.15, -0.1) is 11.8 Å². The van der Waals surface area contributed by atoms with Gasteiger partial charge in [0.25, 0.3) is 0 Å². The molecule has 0 atom stereocenters. The van der Waals surface area contributed by atoms with E-state index in [2.05, 4.69) is 16.4 Å². The maximum Gasteiger partial charge on any atom is 0.225 e. The summed E-state index contributed by atoms with van der Waals surface area (Å²) in [6, 6.07) is 10.7. The van der Waals surface area contributed by atoms with Gasteiger partial charge in [-0.25, -0.2) is 4.98 Å². The first-order valence-electron chi connectivity index (χ1n) is 7.69. The molecule has 1 aromatic carbocycles. The average Bonchev–Trinajstić information content (AvgIpc) is 2.58. The number of anilines is 1. The molecule has 0 aliphatic heterocycles. The fourth-order valence-electron chi connectivity index (χ4n) is 2.01. The first-order valence-corrected chi connectivity index (χ1v) is 9.43. The lowest BCUT2D eigenvalue weighted by atomic mass is 10.1. The van der Waals surface area contributed by atoms with Crippen LogP contribution in [-0.2, 0) is 4.79 Å². The van der Waals surface area contributed by atoms with Gasteiger partial charge in [-0.05, 0) is 36.2 Å². The number of carbonyl (C=O) groups excluding carboxylic acids is 1. The predicted octanol–water partition coefficient (Wildman–Crippen LogP) is 5.50.